The number of aromatic nitrogens is 2. The number of Topliss-reactive ketones (excluding diaryl/α,β-unsaturated/α-hetero) is 2. The molecule has 3 heterocycles. The Morgan fingerprint density at radius 3 is 2.51 bits per heavy atom. The van der Waals surface area contributed by atoms with Crippen molar-refractivity contribution >= 4 is 11.6 Å². The Balaban J connectivity index is 1.31. The van der Waals surface area contributed by atoms with E-state index < -0.39 is 28.1 Å². The lowest BCUT2D eigenvalue weighted by atomic mass is 9.68. The fourth-order valence-electron chi connectivity index (χ4n) is 6.58. The first-order valence-corrected chi connectivity index (χ1v) is 14.7. The van der Waals surface area contributed by atoms with E-state index >= 15 is 0 Å². The maximum Gasteiger partial charge on any atom is 0.185 e. The number of benzene rings is 1. The molecule has 0 radical (unpaired) electrons. The number of nitrogens with zero attached hydrogens (tertiary/aromatic N) is 3. The molecule has 1 aromatic carbocycles. The lowest BCUT2D eigenvalue weighted by molar-refractivity contribution is -0.128. The summed E-state index contributed by atoms with van der Waals surface area (Å²) in [5, 5.41) is 14.3. The van der Waals surface area contributed by atoms with Crippen LogP contribution in [0.15, 0.2) is 47.2 Å². The van der Waals surface area contributed by atoms with Crippen molar-refractivity contribution in [3.8, 4) is 17.1 Å². The number of hydrogen-bond acceptors (Lipinski definition) is 8. The number of pyridine rings is 1. The first-order chi connectivity index (χ1) is 20.3. The number of rotatable bonds is 11. The van der Waals surface area contributed by atoms with Crippen molar-refractivity contribution in [1.82, 2.24) is 15.0 Å². The molecule has 43 heavy (non-hydrogen) atoms. The first-order valence-electron chi connectivity index (χ1n) is 14.7. The van der Waals surface area contributed by atoms with E-state index in [0.717, 1.165) is 30.5 Å². The van der Waals surface area contributed by atoms with Crippen LogP contribution >= 0.6 is 0 Å². The van der Waals surface area contributed by atoms with Gasteiger partial charge in [0.1, 0.15) is 28.9 Å². The summed E-state index contributed by atoms with van der Waals surface area (Å²) in [7, 11) is 1.57. The number of ether oxygens (including phenoxy) is 1. The highest BCUT2D eigenvalue weighted by atomic mass is 19.1. The number of halogens is 2. The number of hydrogen-bond donors (Lipinski definition) is 1. The fourth-order valence-corrected chi connectivity index (χ4v) is 6.58. The smallest absolute Gasteiger partial charge is 0.185 e. The highest BCUT2D eigenvalue weighted by Gasteiger charge is 2.49. The van der Waals surface area contributed by atoms with E-state index in [9.17, 15) is 23.5 Å². The molecule has 0 spiro atoms. The average molecular weight is 596 g/mol. The molecule has 8 nitrogen and oxygen atoms in total. The van der Waals surface area contributed by atoms with E-state index in [0.29, 0.717) is 31.7 Å². The van der Waals surface area contributed by atoms with Crippen LogP contribution in [0.2, 0.25) is 0 Å². The Hall–Kier alpha value is -3.50. The quantitative estimate of drug-likeness (QED) is 0.273. The van der Waals surface area contributed by atoms with E-state index in [4.69, 9.17) is 9.26 Å². The molecule has 1 aliphatic carbocycles. The van der Waals surface area contributed by atoms with Gasteiger partial charge in [-0.1, -0.05) is 19.0 Å². The number of carbonyl (C=O) groups is 2. The fraction of sp³-hybridized carbons (Fsp3) is 0.515. The molecule has 0 bridgehead atoms. The molecule has 10 heteroatoms. The molecule has 5 rings (SSSR count). The third-order valence-corrected chi connectivity index (χ3v) is 9.10. The molecule has 1 N–H and O–H groups in total. The topological polar surface area (TPSA) is 106 Å². The molecule has 1 saturated carbocycles. The van der Waals surface area contributed by atoms with Gasteiger partial charge in [-0.25, -0.2) is 8.78 Å². The lowest BCUT2D eigenvalue weighted by Gasteiger charge is -2.54. The zero-order valence-electron chi connectivity index (χ0n) is 25.2. The Kier molecular flexibility index (Phi) is 8.55. The maximum absolute atomic E-state index is 14.3. The monoisotopic (exact) mass is 595 g/mol. The minimum absolute atomic E-state index is 0.00936. The van der Waals surface area contributed by atoms with Gasteiger partial charge in [0, 0.05) is 62.1 Å². The molecular weight excluding hydrogens is 556 g/mol. The molecule has 1 aliphatic heterocycles. The second-order valence-corrected chi connectivity index (χ2v) is 13.3. The number of aliphatic hydroxyl groups is 1. The van der Waals surface area contributed by atoms with E-state index in [1.807, 2.05) is 26.8 Å². The molecule has 0 unspecified atom stereocenters. The SMILES string of the molecule is COc1cncc(C(C)(C)CC(=O)CC2(CC(=O)c3cc(-c4ccc(F)cc4F)on3)CN(C3CCC(C)(O)CC3)C2)c1. The number of methoxy groups -OCH3 is 1. The molecular formula is C33H39F2N3O5. The van der Waals surface area contributed by atoms with E-state index in [1.165, 1.54) is 12.1 Å². The van der Waals surface area contributed by atoms with Gasteiger partial charge in [-0.3, -0.25) is 19.5 Å². The molecule has 2 fully saturated rings. The number of ketones is 2. The van der Waals surface area contributed by atoms with Gasteiger partial charge in [0.25, 0.3) is 0 Å². The van der Waals surface area contributed by atoms with Crippen LogP contribution in [-0.2, 0) is 10.2 Å². The minimum atomic E-state index is -0.813. The van der Waals surface area contributed by atoms with Crippen molar-refractivity contribution in [2.45, 2.75) is 82.8 Å². The second-order valence-electron chi connectivity index (χ2n) is 13.3. The Bertz CT molecular complexity index is 1490. The minimum Gasteiger partial charge on any atom is -0.495 e. The zero-order valence-corrected chi connectivity index (χ0v) is 25.2. The second kappa shape index (κ2) is 11.9. The standard InChI is InChI=1S/C33H39F2N3O5/c1-31(2,21-11-25(42-4)18-36-17-21)14-24(39)15-33(19-38(20-33)23-7-9-32(3,41)10-8-23)16-29(40)28-13-30(43-37-28)26-6-5-22(34)12-27(26)35/h5-6,11-13,17-18,23,41H,7-10,14-16,19-20H2,1-4H3. The van der Waals surface area contributed by atoms with Crippen molar-refractivity contribution in [1.29, 1.82) is 0 Å². The summed E-state index contributed by atoms with van der Waals surface area (Å²) >= 11 is 0. The summed E-state index contributed by atoms with van der Waals surface area (Å²) < 4.78 is 38.3. The zero-order chi connectivity index (χ0) is 31.0. The van der Waals surface area contributed by atoms with Crippen LogP contribution < -0.4 is 4.74 Å². The van der Waals surface area contributed by atoms with Crippen LogP contribution in [0.5, 0.6) is 5.75 Å². The summed E-state index contributed by atoms with van der Waals surface area (Å²) in [6.45, 7) is 7.01. The predicted molar refractivity (Wildman–Crippen MR) is 156 cm³/mol. The van der Waals surface area contributed by atoms with Gasteiger partial charge in [0.15, 0.2) is 11.5 Å². The Morgan fingerprint density at radius 2 is 1.84 bits per heavy atom. The molecule has 1 saturated heterocycles. The highest BCUT2D eigenvalue weighted by molar-refractivity contribution is 5.96. The van der Waals surface area contributed by atoms with Crippen LogP contribution in [0, 0.1) is 17.0 Å². The van der Waals surface area contributed by atoms with Crippen LogP contribution in [0.3, 0.4) is 0 Å². The van der Waals surface area contributed by atoms with Crippen LogP contribution in [0.25, 0.3) is 11.3 Å². The summed E-state index contributed by atoms with van der Waals surface area (Å²) in [6, 6.07) is 6.64. The van der Waals surface area contributed by atoms with E-state index in [1.54, 1.807) is 19.5 Å². The number of likely N-dealkylation sites (tertiary alicyclic amines) is 1. The maximum atomic E-state index is 14.3. The summed E-state index contributed by atoms with van der Waals surface area (Å²) in [5.41, 5.74) is -0.798. The molecule has 230 valence electrons. The van der Waals surface area contributed by atoms with Crippen LogP contribution in [0.1, 0.15) is 81.8 Å². The molecule has 2 aromatic heterocycles. The van der Waals surface area contributed by atoms with Crippen LogP contribution in [-0.4, -0.2) is 63.6 Å². The lowest BCUT2D eigenvalue weighted by Crippen LogP contribution is -2.62. The van der Waals surface area contributed by atoms with Gasteiger partial charge in [0.05, 0.1) is 24.5 Å². The van der Waals surface area contributed by atoms with Crippen molar-refractivity contribution in [3.05, 3.63) is 65.6 Å². The van der Waals surface area contributed by atoms with Crippen molar-refractivity contribution in [2.75, 3.05) is 20.2 Å². The summed E-state index contributed by atoms with van der Waals surface area (Å²) in [6.07, 6.45) is 7.07. The third kappa shape index (κ3) is 7.02. The van der Waals surface area contributed by atoms with Gasteiger partial charge in [0.2, 0.25) is 0 Å². The highest BCUT2D eigenvalue weighted by Crippen LogP contribution is 2.44. The van der Waals surface area contributed by atoms with Gasteiger partial charge in [-0.2, -0.15) is 0 Å². The average Bonchev–Trinajstić information content (AvgIpc) is 3.41. The molecule has 0 atom stereocenters. The summed E-state index contributed by atoms with van der Waals surface area (Å²) in [5.74, 6) is -1.13. The van der Waals surface area contributed by atoms with E-state index in [-0.39, 0.29) is 53.9 Å². The normalized spacial score (nSPS) is 22.2. The molecule has 0 amide bonds. The molecule has 2 aliphatic rings. The summed E-state index contributed by atoms with van der Waals surface area (Å²) in [4.78, 5) is 33.7. The van der Waals surface area contributed by atoms with Gasteiger partial charge in [-0.15, -0.1) is 0 Å². The van der Waals surface area contributed by atoms with Crippen LogP contribution in [0.4, 0.5) is 8.78 Å². The Labute approximate surface area is 250 Å². The van der Waals surface area contributed by atoms with Gasteiger partial charge >= 0.3 is 0 Å². The molecule has 3 aromatic rings. The van der Waals surface area contributed by atoms with Crippen molar-refractivity contribution in [2.24, 2.45) is 5.41 Å². The van der Waals surface area contributed by atoms with Gasteiger partial charge in [-0.05, 0) is 61.8 Å². The van der Waals surface area contributed by atoms with E-state index in [2.05, 4.69) is 15.0 Å². The van der Waals surface area contributed by atoms with Crippen molar-refractivity contribution in [3.63, 3.8) is 0 Å². The number of carbonyl (C=O) groups excluding carboxylic acids is 2. The predicted octanol–water partition coefficient (Wildman–Crippen LogP) is 5.92. The third-order valence-electron chi connectivity index (χ3n) is 9.10. The largest absolute Gasteiger partial charge is 0.495 e. The Morgan fingerprint density at radius 1 is 1.12 bits per heavy atom. The van der Waals surface area contributed by atoms with Crippen molar-refractivity contribution < 1.29 is 32.7 Å². The van der Waals surface area contributed by atoms with Gasteiger partial charge < -0.3 is 14.4 Å². The first kappa shape index (κ1) is 30.9.